The first-order valence-electron chi connectivity index (χ1n) is 7.61. The summed E-state index contributed by atoms with van der Waals surface area (Å²) in [6.07, 6.45) is 3.84. The minimum Gasteiger partial charge on any atom is -0.365 e. The van der Waals surface area contributed by atoms with Crippen LogP contribution in [0.3, 0.4) is 0 Å². The fourth-order valence-electron chi connectivity index (χ4n) is 2.80. The van der Waals surface area contributed by atoms with Crippen LogP contribution < -0.4 is 9.62 Å². The number of sulfonamides is 1. The van der Waals surface area contributed by atoms with Crippen LogP contribution >= 0.6 is 0 Å². The molecule has 0 bridgehead atoms. The summed E-state index contributed by atoms with van der Waals surface area (Å²) < 4.78 is 25.4. The van der Waals surface area contributed by atoms with E-state index in [9.17, 15) is 8.42 Å². The zero-order valence-electron chi connectivity index (χ0n) is 12.8. The summed E-state index contributed by atoms with van der Waals surface area (Å²) in [5.41, 5.74) is 2.43. The lowest BCUT2D eigenvalue weighted by molar-refractivity contribution is 0.599. The molecular formula is C15H16N6O2S. The van der Waals surface area contributed by atoms with E-state index in [1.807, 2.05) is 24.3 Å². The molecule has 8 nitrogen and oxygen atoms in total. The van der Waals surface area contributed by atoms with Gasteiger partial charge < -0.3 is 5.32 Å². The Morgan fingerprint density at radius 3 is 2.79 bits per heavy atom. The minimum atomic E-state index is -3.14. The summed E-state index contributed by atoms with van der Waals surface area (Å²) in [4.78, 5) is 8.32. The third kappa shape index (κ3) is 2.67. The maximum atomic E-state index is 11.9. The van der Waals surface area contributed by atoms with Crippen molar-refractivity contribution < 1.29 is 8.42 Å². The van der Waals surface area contributed by atoms with E-state index in [1.165, 1.54) is 10.6 Å². The SMILES string of the molecule is O=S1(=O)CCCN1c1ccc(CNc2ncnc3[nH]ncc23)cc1. The first-order chi connectivity index (χ1) is 11.6. The predicted molar refractivity (Wildman–Crippen MR) is 91.2 cm³/mol. The van der Waals surface area contributed by atoms with Gasteiger partial charge in [-0.2, -0.15) is 5.10 Å². The lowest BCUT2D eigenvalue weighted by Gasteiger charge is -2.17. The minimum absolute atomic E-state index is 0.227. The molecule has 1 aromatic carbocycles. The quantitative estimate of drug-likeness (QED) is 0.743. The number of aromatic nitrogens is 4. The Morgan fingerprint density at radius 1 is 1.21 bits per heavy atom. The molecule has 0 aliphatic carbocycles. The molecule has 1 fully saturated rings. The van der Waals surface area contributed by atoms with E-state index in [2.05, 4.69) is 25.5 Å². The standard InChI is InChI=1S/C15H16N6O2S/c22-24(23)7-1-6-21(24)12-4-2-11(3-5-12)8-16-14-13-9-19-20-15(13)18-10-17-14/h2-5,9-10H,1,6-8H2,(H2,16,17,18,19,20). The number of hydrogen-bond donors (Lipinski definition) is 2. The van der Waals surface area contributed by atoms with E-state index < -0.39 is 10.0 Å². The molecule has 2 N–H and O–H groups in total. The average molecular weight is 344 g/mol. The molecule has 0 radical (unpaired) electrons. The molecule has 1 aliphatic heterocycles. The van der Waals surface area contributed by atoms with E-state index in [4.69, 9.17) is 0 Å². The van der Waals surface area contributed by atoms with Gasteiger partial charge in [0.05, 0.1) is 23.0 Å². The second-order valence-electron chi connectivity index (χ2n) is 5.62. The molecule has 24 heavy (non-hydrogen) atoms. The van der Waals surface area contributed by atoms with Gasteiger partial charge in [-0.05, 0) is 24.1 Å². The van der Waals surface area contributed by atoms with Gasteiger partial charge in [0.15, 0.2) is 5.65 Å². The maximum absolute atomic E-state index is 11.9. The van der Waals surface area contributed by atoms with Crippen LogP contribution in [0.4, 0.5) is 11.5 Å². The van der Waals surface area contributed by atoms with Crippen LogP contribution in [-0.2, 0) is 16.6 Å². The highest BCUT2D eigenvalue weighted by atomic mass is 32.2. The van der Waals surface area contributed by atoms with Crippen LogP contribution in [-0.4, -0.2) is 40.9 Å². The van der Waals surface area contributed by atoms with Gasteiger partial charge in [0.2, 0.25) is 10.0 Å². The molecule has 124 valence electrons. The largest absolute Gasteiger partial charge is 0.365 e. The fraction of sp³-hybridized carbons (Fsp3) is 0.267. The van der Waals surface area contributed by atoms with E-state index in [-0.39, 0.29) is 5.75 Å². The van der Waals surface area contributed by atoms with Crippen molar-refractivity contribution in [1.82, 2.24) is 20.2 Å². The van der Waals surface area contributed by atoms with Crippen molar-refractivity contribution in [2.24, 2.45) is 0 Å². The summed E-state index contributed by atoms with van der Waals surface area (Å²) >= 11 is 0. The van der Waals surface area contributed by atoms with Gasteiger partial charge in [-0.3, -0.25) is 9.40 Å². The number of nitrogens with one attached hydrogen (secondary N) is 2. The second kappa shape index (κ2) is 5.75. The summed E-state index contributed by atoms with van der Waals surface area (Å²) in [6.45, 7) is 1.13. The molecule has 1 aliphatic rings. The number of nitrogens with zero attached hydrogens (tertiary/aromatic N) is 4. The predicted octanol–water partition coefficient (Wildman–Crippen LogP) is 1.50. The molecule has 3 aromatic rings. The van der Waals surface area contributed by atoms with Crippen molar-refractivity contribution in [3.05, 3.63) is 42.4 Å². The molecule has 9 heteroatoms. The molecule has 0 amide bonds. The Balaban J connectivity index is 1.49. The van der Waals surface area contributed by atoms with Crippen LogP contribution in [0.1, 0.15) is 12.0 Å². The van der Waals surface area contributed by atoms with Gasteiger partial charge in [0, 0.05) is 13.1 Å². The van der Waals surface area contributed by atoms with Gasteiger partial charge in [-0.1, -0.05) is 12.1 Å². The summed E-state index contributed by atoms with van der Waals surface area (Å²) in [6, 6.07) is 7.52. The van der Waals surface area contributed by atoms with Gasteiger partial charge in [-0.15, -0.1) is 0 Å². The van der Waals surface area contributed by atoms with Gasteiger partial charge in [-0.25, -0.2) is 18.4 Å². The Kier molecular flexibility index (Phi) is 3.57. The van der Waals surface area contributed by atoms with Crippen LogP contribution in [0.5, 0.6) is 0 Å². The number of aromatic amines is 1. The number of hydrogen-bond acceptors (Lipinski definition) is 6. The van der Waals surface area contributed by atoms with Crippen LogP contribution in [0.15, 0.2) is 36.8 Å². The highest BCUT2D eigenvalue weighted by Crippen LogP contribution is 2.24. The first kappa shape index (κ1) is 14.9. The summed E-state index contributed by atoms with van der Waals surface area (Å²) in [7, 11) is -3.14. The Hall–Kier alpha value is -2.68. The lowest BCUT2D eigenvalue weighted by atomic mass is 10.2. The highest BCUT2D eigenvalue weighted by molar-refractivity contribution is 7.93. The summed E-state index contributed by atoms with van der Waals surface area (Å²) in [5.74, 6) is 0.935. The normalized spacial score (nSPS) is 16.6. The molecule has 0 saturated carbocycles. The number of anilines is 2. The molecule has 0 atom stereocenters. The number of benzene rings is 1. The van der Waals surface area contributed by atoms with Crippen molar-refractivity contribution in [3.63, 3.8) is 0 Å². The molecule has 1 saturated heterocycles. The zero-order valence-corrected chi connectivity index (χ0v) is 13.6. The van der Waals surface area contributed by atoms with Gasteiger partial charge in [0.1, 0.15) is 12.1 Å². The van der Waals surface area contributed by atoms with Crippen molar-refractivity contribution in [2.75, 3.05) is 21.9 Å². The summed E-state index contributed by atoms with van der Waals surface area (Å²) in [5, 5.41) is 10.8. The van der Waals surface area contributed by atoms with Gasteiger partial charge in [0.25, 0.3) is 0 Å². The fourth-order valence-corrected chi connectivity index (χ4v) is 4.37. The maximum Gasteiger partial charge on any atom is 0.235 e. The van der Waals surface area contributed by atoms with Crippen molar-refractivity contribution in [1.29, 1.82) is 0 Å². The van der Waals surface area contributed by atoms with Crippen LogP contribution in [0.25, 0.3) is 11.0 Å². The molecule has 0 spiro atoms. The molecular weight excluding hydrogens is 328 g/mol. The van der Waals surface area contributed by atoms with E-state index in [0.29, 0.717) is 31.0 Å². The van der Waals surface area contributed by atoms with Gasteiger partial charge >= 0.3 is 0 Å². The number of H-pyrrole nitrogens is 1. The van der Waals surface area contributed by atoms with E-state index in [0.717, 1.165) is 16.6 Å². The highest BCUT2D eigenvalue weighted by Gasteiger charge is 2.28. The number of fused-ring (bicyclic) bond motifs is 1. The first-order valence-corrected chi connectivity index (χ1v) is 9.22. The van der Waals surface area contributed by atoms with E-state index in [1.54, 1.807) is 6.20 Å². The average Bonchev–Trinajstić information content (AvgIpc) is 3.19. The number of rotatable bonds is 4. The topological polar surface area (TPSA) is 104 Å². The Bertz CT molecular complexity index is 967. The third-order valence-electron chi connectivity index (χ3n) is 4.03. The Labute approximate surface area is 139 Å². The third-order valence-corrected chi connectivity index (χ3v) is 5.90. The Morgan fingerprint density at radius 2 is 2.04 bits per heavy atom. The monoisotopic (exact) mass is 344 g/mol. The van der Waals surface area contributed by atoms with Crippen LogP contribution in [0, 0.1) is 0 Å². The molecule has 3 heterocycles. The lowest BCUT2D eigenvalue weighted by Crippen LogP contribution is -2.24. The smallest absolute Gasteiger partial charge is 0.235 e. The molecule has 2 aromatic heterocycles. The second-order valence-corrected chi connectivity index (χ2v) is 7.63. The molecule has 0 unspecified atom stereocenters. The van der Waals surface area contributed by atoms with E-state index >= 15 is 0 Å². The van der Waals surface area contributed by atoms with Crippen molar-refractivity contribution in [3.8, 4) is 0 Å². The zero-order chi connectivity index (χ0) is 16.6. The molecule has 4 rings (SSSR count). The van der Waals surface area contributed by atoms with Crippen molar-refractivity contribution >= 4 is 32.6 Å². The van der Waals surface area contributed by atoms with Crippen LogP contribution in [0.2, 0.25) is 0 Å². The van der Waals surface area contributed by atoms with Crippen molar-refractivity contribution in [2.45, 2.75) is 13.0 Å².